The third-order valence-corrected chi connectivity index (χ3v) is 20.3. The van der Waals surface area contributed by atoms with E-state index in [1.54, 1.807) is 0 Å². The van der Waals surface area contributed by atoms with Gasteiger partial charge >= 0.3 is 5.97 Å². The number of benzene rings is 4. The molecule has 0 spiro atoms. The lowest BCUT2D eigenvalue weighted by molar-refractivity contribution is -0.352. The predicted octanol–water partition coefficient (Wildman–Crippen LogP) is 11.1. The quantitative estimate of drug-likeness (QED) is 0.0531. The third kappa shape index (κ3) is 14.8. The topological polar surface area (TPSA) is 120 Å². The van der Waals surface area contributed by atoms with Crippen LogP contribution >= 0.6 is 11.8 Å². The number of carbonyl (C=O) groups excluding carboxylic acids is 1. The van der Waals surface area contributed by atoms with Gasteiger partial charge in [0.15, 0.2) is 20.7 Å². The number of hydrogen-bond donors (Lipinski definition) is 1. The van der Waals surface area contributed by atoms with Gasteiger partial charge in [-0.15, -0.1) is 11.8 Å². The van der Waals surface area contributed by atoms with Crippen LogP contribution in [0.3, 0.4) is 0 Å². The highest BCUT2D eigenvalue weighted by Gasteiger charge is 2.56. The Morgan fingerprint density at radius 1 is 0.594 bits per heavy atom. The van der Waals surface area contributed by atoms with Crippen molar-refractivity contribution in [2.45, 2.75) is 173 Å². The molecule has 2 fully saturated rings. The van der Waals surface area contributed by atoms with Crippen molar-refractivity contribution in [3.8, 4) is 0 Å². The average Bonchev–Trinajstić information content (AvgIpc) is 3.33. The van der Waals surface area contributed by atoms with E-state index < -0.39 is 80.3 Å². The van der Waals surface area contributed by atoms with E-state index in [0.717, 1.165) is 22.3 Å². The Bertz CT molecular complexity index is 2050. The van der Waals surface area contributed by atoms with E-state index in [-0.39, 0.29) is 49.7 Å². The number of rotatable bonds is 24. The summed E-state index contributed by atoms with van der Waals surface area (Å²) in [6.07, 6.45) is -8.69. The van der Waals surface area contributed by atoms with Crippen molar-refractivity contribution in [2.24, 2.45) is 5.41 Å². The Hall–Kier alpha value is -3.44. The monoisotopic (exact) mass is 987 g/mol. The number of thioether (sulfide) groups is 1. The molecule has 4 aromatic carbocycles. The van der Waals surface area contributed by atoms with Gasteiger partial charge in [-0.3, -0.25) is 4.79 Å². The van der Waals surface area contributed by atoms with Crippen molar-refractivity contribution < 1.29 is 52.2 Å². The molecule has 0 unspecified atom stereocenters. The molecule has 2 aliphatic rings. The number of aliphatic hydroxyl groups is 1. The van der Waals surface area contributed by atoms with Crippen LogP contribution in [0, 0.1) is 5.41 Å². The Kier molecular flexibility index (Phi) is 20.9. The molecule has 11 nitrogen and oxygen atoms in total. The molecular formula is C56H78O11SSi. The Morgan fingerprint density at radius 3 is 1.48 bits per heavy atom. The zero-order chi connectivity index (χ0) is 49.6. The summed E-state index contributed by atoms with van der Waals surface area (Å²) in [6, 6.07) is 39.6. The van der Waals surface area contributed by atoms with Crippen molar-refractivity contribution in [3.63, 3.8) is 0 Å². The molecule has 4 aromatic rings. The van der Waals surface area contributed by atoms with Gasteiger partial charge in [0.05, 0.1) is 45.1 Å². The van der Waals surface area contributed by atoms with Crippen LogP contribution in [0.25, 0.3) is 0 Å². The summed E-state index contributed by atoms with van der Waals surface area (Å²) in [5.74, 6) is 0.215. The van der Waals surface area contributed by atoms with E-state index in [9.17, 15) is 9.90 Å². The van der Waals surface area contributed by atoms with Crippen LogP contribution < -0.4 is 0 Å². The molecule has 0 radical (unpaired) electrons. The summed E-state index contributed by atoms with van der Waals surface area (Å²) in [5.41, 5.74) is 3.12. The SMILES string of the molecule is CCS[C@@H]1O[C@H](COCc2ccccc2)[C@@H](O[C@@H]2O[C@H](CO[Si](C(C)C)(C(C)C)C(C)C)[C@H](OCc3ccccc3)[C@H](OCc3ccccc3)[C@H]2OC(=O)C(C)(C)C)[C@H](OCc2ccccc2)[C@H]1O. The molecule has 6 rings (SSSR count). The molecule has 0 bridgehead atoms. The zero-order valence-corrected chi connectivity index (χ0v) is 44.3. The van der Waals surface area contributed by atoms with Crippen LogP contribution in [0.1, 0.15) is 91.5 Å². The van der Waals surface area contributed by atoms with Gasteiger partial charge in [0, 0.05) is 0 Å². The molecule has 69 heavy (non-hydrogen) atoms. The predicted molar refractivity (Wildman–Crippen MR) is 274 cm³/mol. The summed E-state index contributed by atoms with van der Waals surface area (Å²) in [7, 11) is -2.48. The lowest BCUT2D eigenvalue weighted by atomic mass is 9.94. The van der Waals surface area contributed by atoms with Crippen LogP contribution in [0.15, 0.2) is 121 Å². The Balaban J connectivity index is 1.46. The largest absolute Gasteiger partial charge is 0.454 e. The summed E-state index contributed by atoms with van der Waals surface area (Å²) >= 11 is 1.49. The molecule has 2 aliphatic heterocycles. The second kappa shape index (κ2) is 26.3. The maximum Gasteiger partial charge on any atom is 0.311 e. The second-order valence-corrected chi connectivity index (χ2v) is 27.0. The van der Waals surface area contributed by atoms with E-state index in [0.29, 0.717) is 12.4 Å². The van der Waals surface area contributed by atoms with Crippen molar-refractivity contribution in [3.05, 3.63) is 144 Å². The van der Waals surface area contributed by atoms with Gasteiger partial charge in [0.25, 0.3) is 0 Å². The lowest BCUT2D eigenvalue weighted by Gasteiger charge is -2.50. The molecule has 0 saturated carbocycles. The maximum atomic E-state index is 14.3. The fourth-order valence-corrected chi connectivity index (χ4v) is 16.0. The van der Waals surface area contributed by atoms with Crippen LogP contribution in [0.5, 0.6) is 0 Å². The van der Waals surface area contributed by atoms with Crippen LogP contribution in [0.4, 0.5) is 0 Å². The highest BCUT2D eigenvalue weighted by Crippen LogP contribution is 2.44. The number of hydrogen-bond acceptors (Lipinski definition) is 12. The maximum absolute atomic E-state index is 14.3. The Labute approximate surface area is 417 Å². The molecule has 13 heteroatoms. The molecule has 0 aliphatic carbocycles. The van der Waals surface area contributed by atoms with Gasteiger partial charge in [-0.1, -0.05) is 170 Å². The Morgan fingerprint density at radius 2 is 1.03 bits per heavy atom. The minimum atomic E-state index is -2.48. The van der Waals surface area contributed by atoms with E-state index in [1.165, 1.54) is 11.8 Å². The normalized spacial score (nSPS) is 25.6. The average molecular weight is 987 g/mol. The molecule has 2 saturated heterocycles. The summed E-state index contributed by atoms with van der Waals surface area (Å²) in [5, 5.41) is 12.3. The summed E-state index contributed by atoms with van der Waals surface area (Å²) < 4.78 is 62.4. The van der Waals surface area contributed by atoms with Crippen molar-refractivity contribution in [1.29, 1.82) is 0 Å². The fraction of sp³-hybridized carbons (Fsp3) is 0.554. The third-order valence-electron chi connectivity index (χ3n) is 13.1. The van der Waals surface area contributed by atoms with Gasteiger partial charge < -0.3 is 47.4 Å². The molecule has 2 heterocycles. The minimum Gasteiger partial charge on any atom is -0.454 e. The van der Waals surface area contributed by atoms with Gasteiger partial charge in [-0.2, -0.15) is 0 Å². The van der Waals surface area contributed by atoms with E-state index in [1.807, 2.05) is 149 Å². The van der Waals surface area contributed by atoms with Crippen LogP contribution in [-0.2, 0) is 73.5 Å². The fourth-order valence-electron chi connectivity index (χ4n) is 9.67. The number of carbonyl (C=O) groups is 1. The highest BCUT2D eigenvalue weighted by molar-refractivity contribution is 7.99. The number of aliphatic hydroxyl groups excluding tert-OH is 1. The molecule has 1 N–H and O–H groups in total. The molecule has 378 valence electrons. The van der Waals surface area contributed by atoms with E-state index >= 15 is 0 Å². The van der Waals surface area contributed by atoms with Crippen LogP contribution in [0.2, 0.25) is 16.6 Å². The highest BCUT2D eigenvalue weighted by atomic mass is 32.2. The lowest BCUT2D eigenvalue weighted by Crippen LogP contribution is -2.66. The van der Waals surface area contributed by atoms with E-state index in [4.69, 9.17) is 42.3 Å². The molecule has 0 aromatic heterocycles. The standard InChI is InChI=1S/C56H78O11SSi/c1-11-68-54-47(57)50(61-34-43-28-20-14-21-29-43)49(45(65-54)36-59-32-41-24-16-12-17-25-41)66-53-52(67-55(58)56(8,9)10)51(62-35-44-30-22-15-23-31-44)48(60-33-42-26-18-13-19-27-42)46(64-53)37-63-69(38(2)3,39(4)5)40(6)7/h12-31,38-40,45-54,57H,11,32-37H2,1-10H3/t45-,46-,47-,48+,49-,50-,51+,52-,53+,54+/m1/s1. The van der Waals surface area contributed by atoms with Gasteiger partial charge in [-0.25, -0.2) is 0 Å². The smallest absolute Gasteiger partial charge is 0.311 e. The van der Waals surface area contributed by atoms with Crippen molar-refractivity contribution in [2.75, 3.05) is 19.0 Å². The molecule has 0 amide bonds. The first-order valence-corrected chi connectivity index (χ1v) is 28.0. The molecular weight excluding hydrogens is 909 g/mol. The first-order chi connectivity index (χ1) is 33.1. The first-order valence-electron chi connectivity index (χ1n) is 24.8. The number of esters is 1. The van der Waals surface area contributed by atoms with Gasteiger partial charge in [0.1, 0.15) is 48.2 Å². The zero-order valence-electron chi connectivity index (χ0n) is 42.4. The summed E-state index contributed by atoms with van der Waals surface area (Å²) in [6.45, 7) is 22.2. The number of ether oxygens (including phenoxy) is 8. The second-order valence-electron chi connectivity index (χ2n) is 20.2. The van der Waals surface area contributed by atoms with Crippen molar-refractivity contribution >= 4 is 26.0 Å². The first kappa shape index (κ1) is 54.9. The van der Waals surface area contributed by atoms with E-state index in [2.05, 4.69) is 41.5 Å². The molecule has 10 atom stereocenters. The van der Waals surface area contributed by atoms with Crippen LogP contribution in [-0.4, -0.2) is 98.9 Å². The van der Waals surface area contributed by atoms with Gasteiger partial charge in [0.2, 0.25) is 0 Å². The minimum absolute atomic E-state index is 0.103. The van der Waals surface area contributed by atoms with Crippen molar-refractivity contribution in [1.82, 2.24) is 0 Å². The van der Waals surface area contributed by atoms with Gasteiger partial charge in [-0.05, 0) is 65.4 Å². The summed E-state index contributed by atoms with van der Waals surface area (Å²) in [4.78, 5) is 14.3.